The summed E-state index contributed by atoms with van der Waals surface area (Å²) >= 11 is 5.68. The molecule has 0 saturated carbocycles. The molecule has 1 saturated heterocycles. The van der Waals surface area contributed by atoms with Gasteiger partial charge in [-0.25, -0.2) is 0 Å². The molecular formula is C10H11ClO4. The third-order valence-corrected chi connectivity index (χ3v) is 2.27. The Balaban J connectivity index is 1.92. The van der Waals surface area contributed by atoms with Crippen molar-refractivity contribution in [1.82, 2.24) is 0 Å². The van der Waals surface area contributed by atoms with E-state index in [1.165, 1.54) is 6.07 Å². The van der Waals surface area contributed by atoms with Crippen molar-refractivity contribution in [1.29, 1.82) is 0 Å². The molecule has 1 aliphatic rings. The van der Waals surface area contributed by atoms with Gasteiger partial charge in [-0.15, -0.1) is 0 Å². The number of phenols is 1. The van der Waals surface area contributed by atoms with E-state index < -0.39 is 0 Å². The van der Waals surface area contributed by atoms with Crippen molar-refractivity contribution in [2.24, 2.45) is 0 Å². The Hall–Kier alpha value is -0.970. The number of benzene rings is 1. The van der Waals surface area contributed by atoms with E-state index in [9.17, 15) is 5.11 Å². The van der Waals surface area contributed by atoms with Crippen LogP contribution in [-0.4, -0.2) is 31.2 Å². The number of halogens is 1. The lowest BCUT2D eigenvalue weighted by Crippen LogP contribution is -2.19. The molecule has 0 aromatic heterocycles. The highest BCUT2D eigenvalue weighted by Gasteiger charge is 2.17. The largest absolute Gasteiger partial charge is 0.504 e. The first-order valence-electron chi connectivity index (χ1n) is 4.56. The van der Waals surface area contributed by atoms with Crippen LogP contribution in [0.15, 0.2) is 18.2 Å². The fourth-order valence-electron chi connectivity index (χ4n) is 1.26. The van der Waals surface area contributed by atoms with Gasteiger partial charge >= 0.3 is 0 Å². The second-order valence-electron chi connectivity index (χ2n) is 3.20. The van der Waals surface area contributed by atoms with Crippen LogP contribution in [0.5, 0.6) is 11.5 Å². The molecular weight excluding hydrogens is 220 g/mol. The van der Waals surface area contributed by atoms with Gasteiger partial charge in [-0.1, -0.05) is 11.6 Å². The molecule has 1 aromatic carbocycles. The van der Waals surface area contributed by atoms with Crippen LogP contribution in [0.4, 0.5) is 0 Å². The number of ether oxygens (including phenoxy) is 3. The van der Waals surface area contributed by atoms with Gasteiger partial charge in [0.05, 0.1) is 6.61 Å². The molecule has 1 aromatic rings. The van der Waals surface area contributed by atoms with Crippen molar-refractivity contribution in [3.63, 3.8) is 0 Å². The maximum Gasteiger partial charge on any atom is 0.161 e. The minimum atomic E-state index is -0.0694. The zero-order valence-corrected chi connectivity index (χ0v) is 8.74. The van der Waals surface area contributed by atoms with Crippen LogP contribution in [0.2, 0.25) is 5.02 Å². The number of hydrogen-bond donors (Lipinski definition) is 1. The lowest BCUT2D eigenvalue weighted by Gasteiger charge is -2.11. The van der Waals surface area contributed by atoms with E-state index in [0.717, 1.165) is 0 Å². The molecule has 82 valence electrons. The van der Waals surface area contributed by atoms with E-state index >= 15 is 0 Å². The van der Waals surface area contributed by atoms with Crippen molar-refractivity contribution in [2.75, 3.05) is 20.0 Å². The summed E-state index contributed by atoms with van der Waals surface area (Å²) in [6.07, 6.45) is -0.0694. The third kappa shape index (κ3) is 2.75. The van der Waals surface area contributed by atoms with Crippen molar-refractivity contribution in [3.8, 4) is 11.5 Å². The van der Waals surface area contributed by atoms with Crippen LogP contribution < -0.4 is 4.74 Å². The highest BCUT2D eigenvalue weighted by Crippen LogP contribution is 2.29. The fourth-order valence-corrected chi connectivity index (χ4v) is 1.43. The number of hydrogen-bond acceptors (Lipinski definition) is 4. The first-order chi connectivity index (χ1) is 7.25. The Morgan fingerprint density at radius 2 is 2.40 bits per heavy atom. The minimum Gasteiger partial charge on any atom is -0.504 e. The Morgan fingerprint density at radius 1 is 1.53 bits per heavy atom. The van der Waals surface area contributed by atoms with Crippen LogP contribution in [0.3, 0.4) is 0 Å². The summed E-state index contributed by atoms with van der Waals surface area (Å²) in [5.74, 6) is 0.427. The Labute approximate surface area is 92.3 Å². The molecule has 1 atom stereocenters. The maximum absolute atomic E-state index is 9.48. The smallest absolute Gasteiger partial charge is 0.161 e. The Kier molecular flexibility index (Phi) is 3.30. The second kappa shape index (κ2) is 4.70. The van der Waals surface area contributed by atoms with E-state index in [1.807, 2.05) is 0 Å². The number of rotatable bonds is 3. The van der Waals surface area contributed by atoms with E-state index in [2.05, 4.69) is 0 Å². The highest BCUT2D eigenvalue weighted by atomic mass is 35.5. The van der Waals surface area contributed by atoms with E-state index in [-0.39, 0.29) is 11.9 Å². The standard InChI is InChI=1S/C10H11ClO4/c11-7-1-2-10(9(12)3-7)14-5-8-4-13-6-15-8/h1-3,8,12H,4-6H2. The van der Waals surface area contributed by atoms with Crippen molar-refractivity contribution < 1.29 is 19.3 Å². The third-order valence-electron chi connectivity index (χ3n) is 2.04. The normalized spacial score (nSPS) is 20.5. The zero-order chi connectivity index (χ0) is 10.7. The van der Waals surface area contributed by atoms with E-state index in [0.29, 0.717) is 30.8 Å². The fraction of sp³-hybridized carbons (Fsp3) is 0.400. The van der Waals surface area contributed by atoms with Gasteiger partial charge < -0.3 is 19.3 Å². The summed E-state index contributed by atoms with van der Waals surface area (Å²) in [7, 11) is 0. The van der Waals surface area contributed by atoms with Gasteiger partial charge in [0, 0.05) is 11.1 Å². The highest BCUT2D eigenvalue weighted by molar-refractivity contribution is 6.30. The number of aromatic hydroxyl groups is 1. The zero-order valence-electron chi connectivity index (χ0n) is 7.98. The predicted molar refractivity (Wildman–Crippen MR) is 54.3 cm³/mol. The molecule has 0 spiro atoms. The monoisotopic (exact) mass is 230 g/mol. The van der Waals surface area contributed by atoms with Crippen LogP contribution >= 0.6 is 11.6 Å². The summed E-state index contributed by atoms with van der Waals surface area (Å²) in [6, 6.07) is 4.71. The second-order valence-corrected chi connectivity index (χ2v) is 3.64. The minimum absolute atomic E-state index is 0.0291. The maximum atomic E-state index is 9.48. The topological polar surface area (TPSA) is 47.9 Å². The molecule has 0 radical (unpaired) electrons. The van der Waals surface area contributed by atoms with Gasteiger partial charge in [0.25, 0.3) is 0 Å². The van der Waals surface area contributed by atoms with Crippen molar-refractivity contribution in [2.45, 2.75) is 6.10 Å². The molecule has 0 bridgehead atoms. The first-order valence-corrected chi connectivity index (χ1v) is 4.94. The first kappa shape index (κ1) is 10.5. The lowest BCUT2D eigenvalue weighted by molar-refractivity contribution is 0.0317. The SMILES string of the molecule is Oc1cc(Cl)ccc1OCC1COCO1. The van der Waals surface area contributed by atoms with Crippen molar-refractivity contribution in [3.05, 3.63) is 23.2 Å². The lowest BCUT2D eigenvalue weighted by atomic mass is 10.3. The molecule has 1 aliphatic heterocycles. The Bertz CT molecular complexity index is 336. The van der Waals surface area contributed by atoms with Gasteiger partial charge in [0.2, 0.25) is 0 Å². The molecule has 4 nitrogen and oxygen atoms in total. The van der Waals surface area contributed by atoms with Crippen LogP contribution in [0.1, 0.15) is 0 Å². The molecule has 1 fully saturated rings. The molecule has 0 amide bonds. The summed E-state index contributed by atoms with van der Waals surface area (Å²) < 4.78 is 15.6. The molecule has 5 heteroatoms. The van der Waals surface area contributed by atoms with Gasteiger partial charge in [0.1, 0.15) is 19.5 Å². The Morgan fingerprint density at radius 3 is 3.07 bits per heavy atom. The van der Waals surface area contributed by atoms with Crippen LogP contribution in [0, 0.1) is 0 Å². The van der Waals surface area contributed by atoms with Gasteiger partial charge in [-0.3, -0.25) is 0 Å². The van der Waals surface area contributed by atoms with Gasteiger partial charge in [-0.2, -0.15) is 0 Å². The molecule has 1 N–H and O–H groups in total. The molecule has 2 rings (SSSR count). The quantitative estimate of drug-likeness (QED) is 0.860. The summed E-state index contributed by atoms with van der Waals surface area (Å²) in [6.45, 7) is 1.18. The van der Waals surface area contributed by atoms with Gasteiger partial charge in [0.15, 0.2) is 11.5 Å². The summed E-state index contributed by atoms with van der Waals surface area (Å²) in [5, 5.41) is 9.96. The average molecular weight is 231 g/mol. The van der Waals surface area contributed by atoms with Crippen LogP contribution in [-0.2, 0) is 9.47 Å². The average Bonchev–Trinajstić information content (AvgIpc) is 2.69. The van der Waals surface area contributed by atoms with E-state index in [1.54, 1.807) is 12.1 Å². The number of phenolic OH excluding ortho intramolecular Hbond substituents is 1. The van der Waals surface area contributed by atoms with E-state index in [4.69, 9.17) is 25.8 Å². The predicted octanol–water partition coefficient (Wildman–Crippen LogP) is 1.80. The molecule has 1 heterocycles. The molecule has 15 heavy (non-hydrogen) atoms. The summed E-state index contributed by atoms with van der Waals surface area (Å²) in [4.78, 5) is 0. The van der Waals surface area contributed by atoms with Gasteiger partial charge in [-0.05, 0) is 12.1 Å². The molecule has 1 unspecified atom stereocenters. The van der Waals surface area contributed by atoms with Crippen molar-refractivity contribution >= 4 is 11.6 Å². The van der Waals surface area contributed by atoms with Crippen LogP contribution in [0.25, 0.3) is 0 Å². The molecule has 0 aliphatic carbocycles. The summed E-state index contributed by atoms with van der Waals surface area (Å²) in [5.41, 5.74) is 0.